The lowest BCUT2D eigenvalue weighted by Gasteiger charge is -2.39. The molecule has 0 aliphatic carbocycles. The third-order valence-corrected chi connectivity index (χ3v) is 18.6. The predicted molar refractivity (Wildman–Crippen MR) is 540 cm³/mol. The zero-order valence-electron chi connectivity index (χ0n) is 92.2. The van der Waals surface area contributed by atoms with Gasteiger partial charge in [-0.3, -0.25) is 0 Å². The van der Waals surface area contributed by atoms with Gasteiger partial charge in [-0.2, -0.15) is 0 Å². The van der Waals surface area contributed by atoms with Gasteiger partial charge in [-0.15, -0.1) is 0 Å². The fourth-order valence-electron chi connectivity index (χ4n) is 11.7. The maximum atomic E-state index is 6.11. The minimum absolute atomic E-state index is 0.0947. The fourth-order valence-corrected chi connectivity index (χ4v) is 11.7. The van der Waals surface area contributed by atoms with Gasteiger partial charge in [0.15, 0.2) is 0 Å². The van der Waals surface area contributed by atoms with E-state index in [1.807, 2.05) is 138 Å². The summed E-state index contributed by atoms with van der Waals surface area (Å²) in [6, 6.07) is 3.67. The van der Waals surface area contributed by atoms with E-state index in [2.05, 4.69) is 231 Å². The largest absolute Gasteiger partial charge is 0.378 e. The van der Waals surface area contributed by atoms with Crippen LogP contribution in [0.2, 0.25) is 0 Å². The van der Waals surface area contributed by atoms with Gasteiger partial charge >= 0.3 is 0 Å². The van der Waals surface area contributed by atoms with Gasteiger partial charge in [0.05, 0.1) is 164 Å². The molecule has 7 N–H and O–H groups in total. The molecule has 0 radical (unpaired) electrons. The highest BCUT2D eigenvalue weighted by atomic mass is 16.6. The Labute approximate surface area is 776 Å². The van der Waals surface area contributed by atoms with E-state index >= 15 is 0 Å². The standard InChI is InChI=1S/C17H39N3.C16H35NO3.C16H34O4.C14H32N2.C14H31NO.C14H30O2.C13H28O3/c1-13(2)9-10-17(20-16(7)8,11-18-14(3)4)12-19-15(5)6;1-12(2)17-16(9-18-13(3)4,10-19-14(5)6)11-20-15(7)8;1-12(2)17-9-16(20-15(7)8,10-18-13(3)4)11-19-14(5)6;3*1-11(2)7-8-14(9-15-12(3)4)10-16-13(5)6;1-10(2)14-7-13(8-15-11(3)4)9-16-12(5)6/h13-16,18-20H,9-12H2,1-8H3;12-15,17H,9-11H2,1-8H3;12-15H,9-11H2,1-8H3;11-16H,7-10H2,1-6H3;11-15H,7-10H2,1-6H3;11-14H,7-10H2,1-6H3;10-13H,7-9H2,1-6H3. The SMILES string of the molecule is CC(C)CCC(CNC(C)C)(CNC(C)C)NC(C)C.CC(C)CCC(CNC(C)C)CNC(C)C.CC(C)CCC(CNC(C)C)COC(C)C.CC(C)CCC(COC(C)C)COC(C)C.CC(C)NC(COC(C)C)(COC(C)C)COC(C)C.CC(C)OCC(COC(C)C)(COC(C)C)OC(C)C.CC(C)OCC(COC(C)C)COC(C)C. The van der Waals surface area contributed by atoms with Gasteiger partial charge in [0.2, 0.25) is 0 Å². The Morgan fingerprint density at radius 2 is 0.403 bits per heavy atom. The van der Waals surface area contributed by atoms with Crippen molar-refractivity contribution in [2.75, 3.05) is 112 Å². The monoisotopic (exact) mass is 1780 g/mol. The van der Waals surface area contributed by atoms with Crippen LogP contribution in [-0.4, -0.2) is 250 Å². The topological polar surface area (TPSA) is 204 Å². The summed E-state index contributed by atoms with van der Waals surface area (Å²) < 4.78 is 75.0. The molecule has 0 aromatic rings. The van der Waals surface area contributed by atoms with E-state index < -0.39 is 5.60 Å². The lowest BCUT2D eigenvalue weighted by atomic mass is 9.88. The van der Waals surface area contributed by atoms with Crippen molar-refractivity contribution in [2.24, 2.45) is 47.3 Å². The summed E-state index contributed by atoms with van der Waals surface area (Å²) in [5, 5.41) is 25.3. The molecule has 0 saturated carbocycles. The molecular weight excluding hydrogens is 1560 g/mol. The molecule has 0 amide bonds. The maximum Gasteiger partial charge on any atom is 0.138 e. The molecule has 0 aliphatic rings. The summed E-state index contributed by atoms with van der Waals surface area (Å²) in [5.41, 5.74) is -0.701. The third kappa shape index (κ3) is 107. The Morgan fingerprint density at radius 1 is 0.185 bits per heavy atom. The molecule has 20 heteroatoms. The first kappa shape index (κ1) is 136. The minimum Gasteiger partial charge on any atom is -0.378 e. The molecule has 0 aliphatic heterocycles. The molecule has 0 spiro atoms. The second kappa shape index (κ2) is 84.0. The molecule has 758 valence electrons. The summed E-state index contributed by atoms with van der Waals surface area (Å²) in [6.45, 7) is 116. The van der Waals surface area contributed by atoms with Crippen LogP contribution in [-0.2, 0) is 61.6 Å². The van der Waals surface area contributed by atoms with Crippen molar-refractivity contribution in [3.63, 3.8) is 0 Å². The van der Waals surface area contributed by atoms with E-state index in [0.717, 1.165) is 82.1 Å². The number of rotatable bonds is 69. The molecule has 20 nitrogen and oxygen atoms in total. The van der Waals surface area contributed by atoms with Gasteiger partial charge in [-0.05, 0) is 261 Å². The van der Waals surface area contributed by atoms with E-state index in [1.165, 1.54) is 51.4 Å². The van der Waals surface area contributed by atoms with E-state index in [0.29, 0.717) is 138 Å². The summed E-state index contributed by atoms with van der Waals surface area (Å²) >= 11 is 0. The van der Waals surface area contributed by atoms with E-state index in [1.54, 1.807) is 0 Å². The van der Waals surface area contributed by atoms with Crippen LogP contribution in [0, 0.1) is 47.3 Å². The summed E-state index contributed by atoms with van der Waals surface area (Å²) in [5.74, 6) is 5.43. The van der Waals surface area contributed by atoms with Crippen molar-refractivity contribution in [1.82, 2.24) is 37.2 Å². The predicted octanol–water partition coefficient (Wildman–Crippen LogP) is 22.8. The zero-order valence-corrected chi connectivity index (χ0v) is 92.2. The van der Waals surface area contributed by atoms with Gasteiger partial charge in [-0.25, -0.2) is 0 Å². The normalized spacial score (nSPS) is 13.0. The molecule has 0 bridgehead atoms. The molecule has 1 unspecified atom stereocenters. The Bertz CT molecular complexity index is 1690. The lowest BCUT2D eigenvalue weighted by Crippen LogP contribution is -2.61. The van der Waals surface area contributed by atoms with Gasteiger partial charge in [0.25, 0.3) is 0 Å². The van der Waals surface area contributed by atoms with Crippen molar-refractivity contribution in [3.05, 3.63) is 0 Å². The van der Waals surface area contributed by atoms with Crippen molar-refractivity contribution >= 4 is 0 Å². The second-order valence-electron chi connectivity index (χ2n) is 43.0. The zero-order chi connectivity index (χ0) is 97.5. The summed E-state index contributed by atoms with van der Waals surface area (Å²) in [6.07, 6.45) is 13.1. The average Bonchev–Trinajstić information content (AvgIpc) is 0.863. The number of ether oxygens (including phenoxy) is 13. The van der Waals surface area contributed by atoms with Crippen molar-refractivity contribution in [1.29, 1.82) is 0 Å². The molecule has 0 heterocycles. The summed E-state index contributed by atoms with van der Waals surface area (Å²) in [4.78, 5) is 0. The summed E-state index contributed by atoms with van der Waals surface area (Å²) in [7, 11) is 0. The third-order valence-electron chi connectivity index (χ3n) is 18.6. The van der Waals surface area contributed by atoms with Crippen LogP contribution < -0.4 is 37.2 Å². The highest BCUT2D eigenvalue weighted by Crippen LogP contribution is 2.23. The van der Waals surface area contributed by atoms with Crippen molar-refractivity contribution < 1.29 is 61.6 Å². The van der Waals surface area contributed by atoms with Crippen LogP contribution in [0.5, 0.6) is 0 Å². The number of nitrogens with one attached hydrogen (secondary N) is 7. The molecular formula is C104H229N7O13. The minimum atomic E-state index is -0.549. The number of hydrogen-bond acceptors (Lipinski definition) is 20. The van der Waals surface area contributed by atoms with Crippen LogP contribution in [0.1, 0.15) is 384 Å². The first-order valence-corrected chi connectivity index (χ1v) is 50.4. The molecule has 124 heavy (non-hydrogen) atoms. The molecule has 1 atom stereocenters. The van der Waals surface area contributed by atoms with E-state index in [9.17, 15) is 0 Å². The Hall–Kier alpha value is -0.800. The first-order chi connectivity index (χ1) is 57.2. The Morgan fingerprint density at radius 3 is 0.637 bits per heavy atom. The maximum absolute atomic E-state index is 6.11. The highest BCUT2D eigenvalue weighted by molar-refractivity contribution is 4.95. The van der Waals surface area contributed by atoms with E-state index in [-0.39, 0.29) is 72.1 Å². The van der Waals surface area contributed by atoms with Gasteiger partial charge in [0.1, 0.15) is 5.60 Å². The van der Waals surface area contributed by atoms with Crippen molar-refractivity contribution in [3.8, 4) is 0 Å². The van der Waals surface area contributed by atoms with Gasteiger partial charge in [-0.1, -0.05) is 172 Å². The van der Waals surface area contributed by atoms with E-state index in [4.69, 9.17) is 61.6 Å². The Kier molecular flexibility index (Phi) is 92.3. The molecule has 0 aromatic heterocycles. The van der Waals surface area contributed by atoms with Crippen LogP contribution in [0.4, 0.5) is 0 Å². The molecule has 0 rings (SSSR count). The lowest BCUT2D eigenvalue weighted by molar-refractivity contribution is -0.198. The van der Waals surface area contributed by atoms with Crippen LogP contribution in [0.3, 0.4) is 0 Å². The smallest absolute Gasteiger partial charge is 0.138 e. The molecule has 0 saturated heterocycles. The quantitative estimate of drug-likeness (QED) is 0.0302. The Balaban J connectivity index is -0.000000258. The highest BCUT2D eigenvalue weighted by Gasteiger charge is 2.37. The average molecular weight is 1790 g/mol. The van der Waals surface area contributed by atoms with Crippen LogP contribution in [0.15, 0.2) is 0 Å². The van der Waals surface area contributed by atoms with Crippen molar-refractivity contribution in [2.45, 2.75) is 522 Å². The fraction of sp³-hybridized carbons (Fsp3) is 1.00. The molecule has 0 fully saturated rings. The van der Waals surface area contributed by atoms with Crippen LogP contribution in [0.25, 0.3) is 0 Å². The van der Waals surface area contributed by atoms with Gasteiger partial charge < -0.3 is 98.8 Å². The van der Waals surface area contributed by atoms with Gasteiger partial charge in [0, 0.05) is 79.3 Å². The second-order valence-corrected chi connectivity index (χ2v) is 43.0. The number of hydrogen-bond donors (Lipinski definition) is 7. The first-order valence-electron chi connectivity index (χ1n) is 50.4. The van der Waals surface area contributed by atoms with Crippen LogP contribution >= 0.6 is 0 Å². The molecule has 0 aromatic carbocycles.